The number of rotatable bonds is 7. The Kier molecular flexibility index (Phi) is 5.87. The Morgan fingerprint density at radius 3 is 2.30 bits per heavy atom. The van der Waals surface area contributed by atoms with Crippen LogP contribution in [0.4, 0.5) is 0 Å². The minimum absolute atomic E-state index is 0.188. The maximum absolute atomic E-state index is 9.38. The number of benzene rings is 2. The van der Waals surface area contributed by atoms with Gasteiger partial charge < -0.3 is 14.2 Å². The zero-order valence-corrected chi connectivity index (χ0v) is 13.7. The standard InChI is InChI=1S/C19H21NO3/c1-14-7-9-15(10-8-14)16(13-20)11-12-23-18-6-4-5-17(21-2)19(18)22-3/h4-10,16H,11-12H2,1-3H3. The summed E-state index contributed by atoms with van der Waals surface area (Å²) in [6.45, 7) is 2.46. The lowest BCUT2D eigenvalue weighted by molar-refractivity contribution is 0.277. The molecule has 120 valence electrons. The second-order valence-electron chi connectivity index (χ2n) is 5.22. The predicted octanol–water partition coefficient (Wildman–Crippen LogP) is 4.09. The summed E-state index contributed by atoms with van der Waals surface area (Å²) in [6.07, 6.45) is 0.611. The SMILES string of the molecule is COc1cccc(OCCC(C#N)c2ccc(C)cc2)c1OC. The molecule has 0 heterocycles. The topological polar surface area (TPSA) is 51.5 Å². The Bertz CT molecular complexity index is 674. The van der Waals surface area contributed by atoms with Gasteiger partial charge in [-0.1, -0.05) is 35.9 Å². The normalized spacial score (nSPS) is 11.4. The smallest absolute Gasteiger partial charge is 0.203 e. The van der Waals surface area contributed by atoms with Crippen molar-refractivity contribution in [2.24, 2.45) is 0 Å². The van der Waals surface area contributed by atoms with Crippen molar-refractivity contribution in [3.05, 3.63) is 53.6 Å². The molecule has 1 unspecified atom stereocenters. The number of hydrogen-bond acceptors (Lipinski definition) is 4. The van der Waals surface area contributed by atoms with E-state index >= 15 is 0 Å². The largest absolute Gasteiger partial charge is 0.493 e. The summed E-state index contributed by atoms with van der Waals surface area (Å²) in [5.41, 5.74) is 2.20. The number of nitriles is 1. The van der Waals surface area contributed by atoms with E-state index in [-0.39, 0.29) is 5.92 Å². The lowest BCUT2D eigenvalue weighted by Crippen LogP contribution is -2.05. The third-order valence-electron chi connectivity index (χ3n) is 3.67. The van der Waals surface area contributed by atoms with Crippen molar-refractivity contribution in [1.82, 2.24) is 0 Å². The quantitative estimate of drug-likeness (QED) is 0.773. The minimum Gasteiger partial charge on any atom is -0.493 e. The van der Waals surface area contributed by atoms with Gasteiger partial charge in [0.05, 0.1) is 32.8 Å². The first kappa shape index (κ1) is 16.7. The van der Waals surface area contributed by atoms with E-state index in [4.69, 9.17) is 14.2 Å². The van der Waals surface area contributed by atoms with E-state index in [1.165, 1.54) is 5.56 Å². The molecule has 1 atom stereocenters. The number of nitrogens with zero attached hydrogens (tertiary/aromatic N) is 1. The van der Waals surface area contributed by atoms with Gasteiger partial charge in [-0.25, -0.2) is 0 Å². The van der Waals surface area contributed by atoms with Gasteiger partial charge in [0.25, 0.3) is 0 Å². The molecule has 0 saturated heterocycles. The Hall–Kier alpha value is -2.67. The van der Waals surface area contributed by atoms with Crippen LogP contribution in [0.25, 0.3) is 0 Å². The molecule has 0 aliphatic rings. The van der Waals surface area contributed by atoms with E-state index in [1.54, 1.807) is 14.2 Å². The van der Waals surface area contributed by atoms with Crippen LogP contribution in [0.15, 0.2) is 42.5 Å². The highest BCUT2D eigenvalue weighted by atomic mass is 16.5. The molecule has 2 aromatic rings. The first-order chi connectivity index (χ1) is 11.2. The van der Waals surface area contributed by atoms with Gasteiger partial charge in [-0.2, -0.15) is 5.26 Å². The average Bonchev–Trinajstić information content (AvgIpc) is 2.59. The molecule has 0 aliphatic heterocycles. The molecule has 0 fully saturated rings. The fraction of sp³-hybridized carbons (Fsp3) is 0.316. The number of aryl methyl sites for hydroxylation is 1. The van der Waals surface area contributed by atoms with Crippen molar-refractivity contribution < 1.29 is 14.2 Å². The maximum Gasteiger partial charge on any atom is 0.203 e. The lowest BCUT2D eigenvalue weighted by Gasteiger charge is -2.15. The molecule has 23 heavy (non-hydrogen) atoms. The molecule has 0 amide bonds. The number of hydrogen-bond donors (Lipinski definition) is 0. The van der Waals surface area contributed by atoms with Gasteiger partial charge >= 0.3 is 0 Å². The fourth-order valence-electron chi connectivity index (χ4n) is 2.36. The highest BCUT2D eigenvalue weighted by Gasteiger charge is 2.13. The van der Waals surface area contributed by atoms with E-state index in [0.717, 1.165) is 5.56 Å². The zero-order chi connectivity index (χ0) is 16.7. The molecular weight excluding hydrogens is 290 g/mol. The number of methoxy groups -OCH3 is 2. The molecule has 2 aromatic carbocycles. The Labute approximate surface area is 137 Å². The molecule has 4 heteroatoms. The summed E-state index contributed by atoms with van der Waals surface area (Å²) in [7, 11) is 3.17. The number of para-hydroxylation sites is 1. The van der Waals surface area contributed by atoms with Crippen molar-refractivity contribution in [2.45, 2.75) is 19.3 Å². The zero-order valence-electron chi connectivity index (χ0n) is 13.7. The molecule has 4 nitrogen and oxygen atoms in total. The third-order valence-corrected chi connectivity index (χ3v) is 3.67. The van der Waals surface area contributed by atoms with E-state index < -0.39 is 0 Å². The van der Waals surface area contributed by atoms with E-state index in [1.807, 2.05) is 49.4 Å². The van der Waals surface area contributed by atoms with Gasteiger partial charge in [0.15, 0.2) is 11.5 Å². The van der Waals surface area contributed by atoms with Crippen LogP contribution in [0.2, 0.25) is 0 Å². The Balaban J connectivity index is 2.01. The van der Waals surface area contributed by atoms with Crippen LogP contribution in [0, 0.1) is 18.3 Å². The number of ether oxygens (including phenoxy) is 3. The molecular formula is C19H21NO3. The first-order valence-electron chi connectivity index (χ1n) is 7.49. The summed E-state index contributed by atoms with van der Waals surface area (Å²) in [4.78, 5) is 0. The molecule has 0 bridgehead atoms. The van der Waals surface area contributed by atoms with Crippen LogP contribution in [-0.2, 0) is 0 Å². The van der Waals surface area contributed by atoms with Crippen LogP contribution in [0.3, 0.4) is 0 Å². The molecule has 0 aliphatic carbocycles. The van der Waals surface area contributed by atoms with Crippen molar-refractivity contribution >= 4 is 0 Å². The molecule has 0 radical (unpaired) electrons. The molecule has 0 saturated carbocycles. The van der Waals surface area contributed by atoms with Gasteiger partial charge in [-0.15, -0.1) is 0 Å². The van der Waals surface area contributed by atoms with Crippen molar-refractivity contribution in [3.63, 3.8) is 0 Å². The van der Waals surface area contributed by atoms with Crippen molar-refractivity contribution in [1.29, 1.82) is 5.26 Å². The second kappa shape index (κ2) is 8.09. The summed E-state index contributed by atoms with van der Waals surface area (Å²) in [5.74, 6) is 1.62. The van der Waals surface area contributed by atoms with Crippen molar-refractivity contribution in [3.8, 4) is 23.3 Å². The molecule has 2 rings (SSSR count). The minimum atomic E-state index is -0.188. The van der Waals surface area contributed by atoms with Gasteiger partial charge in [0.1, 0.15) is 0 Å². The Morgan fingerprint density at radius 2 is 1.70 bits per heavy atom. The summed E-state index contributed by atoms with van der Waals surface area (Å²) in [5, 5.41) is 9.38. The third kappa shape index (κ3) is 4.17. The monoisotopic (exact) mass is 311 g/mol. The van der Waals surface area contributed by atoms with E-state index in [9.17, 15) is 5.26 Å². The highest BCUT2D eigenvalue weighted by molar-refractivity contribution is 5.51. The lowest BCUT2D eigenvalue weighted by atomic mass is 9.97. The predicted molar refractivity (Wildman–Crippen MR) is 89.2 cm³/mol. The van der Waals surface area contributed by atoms with Crippen LogP contribution in [-0.4, -0.2) is 20.8 Å². The highest BCUT2D eigenvalue weighted by Crippen LogP contribution is 2.36. The summed E-state index contributed by atoms with van der Waals surface area (Å²) >= 11 is 0. The van der Waals surface area contributed by atoms with Gasteiger partial charge in [-0.3, -0.25) is 0 Å². The van der Waals surface area contributed by atoms with Gasteiger partial charge in [0, 0.05) is 6.42 Å². The molecule has 0 N–H and O–H groups in total. The van der Waals surface area contributed by atoms with Crippen LogP contribution < -0.4 is 14.2 Å². The van der Waals surface area contributed by atoms with Gasteiger partial charge in [0.2, 0.25) is 5.75 Å². The summed E-state index contributed by atoms with van der Waals surface area (Å²) in [6, 6.07) is 15.9. The van der Waals surface area contributed by atoms with Crippen LogP contribution in [0.5, 0.6) is 17.2 Å². The van der Waals surface area contributed by atoms with Crippen LogP contribution >= 0.6 is 0 Å². The molecule has 0 aromatic heterocycles. The summed E-state index contributed by atoms with van der Waals surface area (Å²) < 4.78 is 16.4. The van der Waals surface area contributed by atoms with E-state index in [2.05, 4.69) is 6.07 Å². The fourth-order valence-corrected chi connectivity index (χ4v) is 2.36. The van der Waals surface area contributed by atoms with E-state index in [0.29, 0.717) is 30.3 Å². The second-order valence-corrected chi connectivity index (χ2v) is 5.22. The first-order valence-corrected chi connectivity index (χ1v) is 7.49. The van der Waals surface area contributed by atoms with Gasteiger partial charge in [-0.05, 0) is 24.6 Å². The Morgan fingerprint density at radius 1 is 1.00 bits per heavy atom. The average molecular weight is 311 g/mol. The molecule has 0 spiro atoms. The maximum atomic E-state index is 9.38. The van der Waals surface area contributed by atoms with Crippen LogP contribution in [0.1, 0.15) is 23.5 Å². The van der Waals surface area contributed by atoms with Crippen molar-refractivity contribution in [2.75, 3.05) is 20.8 Å².